The number of alkyl halides is 3. The van der Waals surface area contributed by atoms with Gasteiger partial charge >= 0.3 is 6.18 Å². The van der Waals surface area contributed by atoms with Gasteiger partial charge in [0.05, 0.1) is 21.3 Å². The van der Waals surface area contributed by atoms with Crippen LogP contribution in [0.5, 0.6) is 11.6 Å². The number of ether oxygens (including phenoxy) is 2. The van der Waals surface area contributed by atoms with E-state index in [1.54, 1.807) is 36.4 Å². The second-order valence-electron chi connectivity index (χ2n) is 9.61. The van der Waals surface area contributed by atoms with Crippen LogP contribution in [0.2, 0.25) is 10.0 Å². The van der Waals surface area contributed by atoms with Gasteiger partial charge in [-0.3, -0.25) is 10.2 Å². The maximum absolute atomic E-state index is 14.1. The molecular formula is C29H23Cl2F3N2O4. The van der Waals surface area contributed by atoms with Gasteiger partial charge in [0.1, 0.15) is 30.5 Å². The molecule has 0 bridgehead atoms. The first-order chi connectivity index (χ1) is 19.1. The molecule has 0 saturated heterocycles. The molecular weight excluding hydrogens is 568 g/mol. The summed E-state index contributed by atoms with van der Waals surface area (Å²) < 4.78 is 53.9. The molecule has 1 saturated carbocycles. The molecule has 1 fully saturated rings. The molecule has 11 heteroatoms. The Morgan fingerprint density at radius 1 is 1.12 bits per heavy atom. The summed E-state index contributed by atoms with van der Waals surface area (Å²) in [6.07, 6.45) is -2.89. The highest BCUT2D eigenvalue weighted by Crippen LogP contribution is 2.42. The highest BCUT2D eigenvalue weighted by molar-refractivity contribution is 6.41. The minimum absolute atomic E-state index is 0.0684. The van der Waals surface area contributed by atoms with E-state index in [4.69, 9.17) is 38.1 Å². The van der Waals surface area contributed by atoms with Crippen molar-refractivity contribution in [2.75, 3.05) is 6.61 Å². The molecule has 6 nitrogen and oxygen atoms in total. The van der Waals surface area contributed by atoms with Gasteiger partial charge in [-0.2, -0.15) is 13.2 Å². The van der Waals surface area contributed by atoms with E-state index in [-0.39, 0.29) is 56.4 Å². The number of carbonyl (C=O) groups is 1. The number of aliphatic hydroxyl groups excluding tert-OH is 1. The SMILES string of the molecule is N=C(/C(COc1ccc(C2CCc3cc(C=O)ccc3O2)c(C(F)(F)F)n1)=C(\O)C1CC1)c1c(Cl)cccc1Cl. The van der Waals surface area contributed by atoms with Gasteiger partial charge in [0.2, 0.25) is 5.88 Å². The molecule has 1 aliphatic heterocycles. The maximum atomic E-state index is 14.1. The first kappa shape index (κ1) is 28.0. The van der Waals surface area contributed by atoms with E-state index in [9.17, 15) is 23.1 Å². The Kier molecular flexibility index (Phi) is 7.79. The number of allylic oxidation sites excluding steroid dienone is 1. The fraction of sp³-hybridized carbons (Fsp3) is 0.276. The van der Waals surface area contributed by atoms with Crippen molar-refractivity contribution in [1.29, 1.82) is 5.41 Å². The predicted molar refractivity (Wildman–Crippen MR) is 144 cm³/mol. The standard InChI is InChI=1S/C29H23Cl2F3N2O4/c30-20-2-1-3-21(31)25(20)26(35)19(27(38)16-5-6-16)14-39-24-11-8-18(28(36-24)29(32,33)34)23-10-7-17-12-15(13-37)4-9-22(17)40-23/h1-4,8-9,11-13,16,23,35,38H,5-7,10,14H2/b27-19-,35-26?. The summed E-state index contributed by atoms with van der Waals surface area (Å²) in [5.74, 6) is -0.171. The summed E-state index contributed by atoms with van der Waals surface area (Å²) in [6, 6.07) is 12.1. The molecule has 40 heavy (non-hydrogen) atoms. The van der Waals surface area contributed by atoms with Gasteiger partial charge in [0.15, 0.2) is 5.69 Å². The van der Waals surface area contributed by atoms with Crippen molar-refractivity contribution in [1.82, 2.24) is 4.98 Å². The Labute approximate surface area is 237 Å². The number of carbonyl (C=O) groups excluding carboxylic acids is 1. The van der Waals surface area contributed by atoms with Crippen LogP contribution < -0.4 is 9.47 Å². The summed E-state index contributed by atoms with van der Waals surface area (Å²) in [4.78, 5) is 14.8. The number of nitrogens with one attached hydrogen (secondary N) is 1. The molecule has 2 aliphatic rings. The van der Waals surface area contributed by atoms with Gasteiger partial charge in [0.25, 0.3) is 0 Å². The van der Waals surface area contributed by atoms with Crippen LogP contribution in [0.15, 0.2) is 59.9 Å². The molecule has 5 rings (SSSR count). The number of halogens is 5. The zero-order valence-corrected chi connectivity index (χ0v) is 22.4. The molecule has 0 spiro atoms. The number of benzene rings is 2. The Bertz CT molecular complexity index is 1500. The number of hydrogen-bond donors (Lipinski definition) is 2. The van der Waals surface area contributed by atoms with Crippen molar-refractivity contribution in [3.8, 4) is 11.6 Å². The lowest BCUT2D eigenvalue weighted by atomic mass is 9.95. The zero-order valence-electron chi connectivity index (χ0n) is 20.9. The smallest absolute Gasteiger partial charge is 0.433 e. The largest absolute Gasteiger partial charge is 0.512 e. The first-order valence-corrected chi connectivity index (χ1v) is 13.2. The summed E-state index contributed by atoms with van der Waals surface area (Å²) in [5.41, 5.74) is -0.00475. The summed E-state index contributed by atoms with van der Waals surface area (Å²) in [7, 11) is 0. The van der Waals surface area contributed by atoms with Crippen LogP contribution >= 0.6 is 23.2 Å². The van der Waals surface area contributed by atoms with Crippen molar-refractivity contribution >= 4 is 35.2 Å². The number of pyridine rings is 1. The zero-order chi connectivity index (χ0) is 28.6. The Balaban J connectivity index is 1.41. The molecule has 0 radical (unpaired) electrons. The third-order valence-electron chi connectivity index (χ3n) is 6.83. The topological polar surface area (TPSA) is 92.5 Å². The fourth-order valence-electron chi connectivity index (χ4n) is 4.63. The lowest BCUT2D eigenvalue weighted by molar-refractivity contribution is -0.143. The third-order valence-corrected chi connectivity index (χ3v) is 7.46. The van der Waals surface area contributed by atoms with Gasteiger partial charge in [-0.05, 0) is 67.6 Å². The highest BCUT2D eigenvalue weighted by Gasteiger charge is 2.39. The molecule has 1 atom stereocenters. The van der Waals surface area contributed by atoms with E-state index < -0.39 is 24.6 Å². The molecule has 2 aromatic carbocycles. The minimum atomic E-state index is -4.80. The minimum Gasteiger partial charge on any atom is -0.512 e. The van der Waals surface area contributed by atoms with E-state index in [2.05, 4.69) is 4.98 Å². The quantitative estimate of drug-likeness (QED) is 0.158. The Hall–Kier alpha value is -3.56. The number of rotatable bonds is 8. The maximum Gasteiger partial charge on any atom is 0.433 e. The van der Waals surface area contributed by atoms with E-state index in [0.29, 0.717) is 36.9 Å². The number of aliphatic hydroxyl groups is 1. The summed E-state index contributed by atoms with van der Waals surface area (Å²) >= 11 is 12.5. The molecule has 0 amide bonds. The fourth-order valence-corrected chi connectivity index (χ4v) is 5.22. The molecule has 2 heterocycles. The average Bonchev–Trinajstić information content (AvgIpc) is 3.77. The van der Waals surface area contributed by atoms with E-state index in [0.717, 1.165) is 5.56 Å². The summed E-state index contributed by atoms with van der Waals surface area (Å²) in [5, 5.41) is 19.8. The van der Waals surface area contributed by atoms with E-state index >= 15 is 0 Å². The van der Waals surface area contributed by atoms with Gasteiger partial charge < -0.3 is 14.6 Å². The van der Waals surface area contributed by atoms with Gasteiger partial charge in [-0.1, -0.05) is 29.3 Å². The number of aromatic nitrogens is 1. The second kappa shape index (κ2) is 11.1. The van der Waals surface area contributed by atoms with Crippen molar-refractivity contribution in [2.45, 2.75) is 38.0 Å². The predicted octanol–water partition coefficient (Wildman–Crippen LogP) is 7.95. The molecule has 1 unspecified atom stereocenters. The highest BCUT2D eigenvalue weighted by atomic mass is 35.5. The van der Waals surface area contributed by atoms with E-state index in [1.165, 1.54) is 12.1 Å². The van der Waals surface area contributed by atoms with Gasteiger partial charge in [-0.25, -0.2) is 4.98 Å². The van der Waals surface area contributed by atoms with Crippen molar-refractivity contribution < 1.29 is 32.5 Å². The molecule has 208 valence electrons. The lowest BCUT2D eigenvalue weighted by Crippen LogP contribution is -2.22. The number of aldehydes is 1. The lowest BCUT2D eigenvalue weighted by Gasteiger charge is -2.28. The Morgan fingerprint density at radius 3 is 2.50 bits per heavy atom. The Morgan fingerprint density at radius 2 is 1.85 bits per heavy atom. The van der Waals surface area contributed by atoms with Crippen LogP contribution in [-0.2, 0) is 12.6 Å². The van der Waals surface area contributed by atoms with Gasteiger partial charge in [0, 0.05) is 28.7 Å². The average molecular weight is 591 g/mol. The molecule has 2 N–H and O–H groups in total. The van der Waals surface area contributed by atoms with Crippen LogP contribution in [0.3, 0.4) is 0 Å². The molecule has 1 aromatic heterocycles. The van der Waals surface area contributed by atoms with Crippen LogP contribution in [0.25, 0.3) is 0 Å². The monoisotopic (exact) mass is 590 g/mol. The normalized spacial score (nSPS) is 17.4. The second-order valence-corrected chi connectivity index (χ2v) is 10.4. The van der Waals surface area contributed by atoms with Crippen molar-refractivity contribution in [3.05, 3.63) is 97.9 Å². The number of aryl methyl sites for hydroxylation is 1. The number of fused-ring (bicyclic) bond motifs is 1. The van der Waals surface area contributed by atoms with Crippen LogP contribution in [0.1, 0.15) is 58.1 Å². The number of hydrogen-bond acceptors (Lipinski definition) is 6. The summed E-state index contributed by atoms with van der Waals surface area (Å²) in [6.45, 7) is -0.418. The van der Waals surface area contributed by atoms with Crippen LogP contribution in [0.4, 0.5) is 13.2 Å². The first-order valence-electron chi connectivity index (χ1n) is 12.5. The van der Waals surface area contributed by atoms with Crippen LogP contribution in [-0.4, -0.2) is 28.7 Å². The molecule has 3 aromatic rings. The van der Waals surface area contributed by atoms with Crippen molar-refractivity contribution in [2.24, 2.45) is 5.92 Å². The van der Waals surface area contributed by atoms with Crippen LogP contribution in [0, 0.1) is 11.3 Å². The molecule has 1 aliphatic carbocycles. The van der Waals surface area contributed by atoms with Gasteiger partial charge in [-0.15, -0.1) is 0 Å². The van der Waals surface area contributed by atoms with Crippen molar-refractivity contribution in [3.63, 3.8) is 0 Å². The van der Waals surface area contributed by atoms with E-state index in [1.807, 2.05) is 0 Å². The third kappa shape index (κ3) is 5.81. The number of nitrogens with zero attached hydrogens (tertiary/aromatic N) is 1.